The number of nitrogens with zero attached hydrogens (tertiary/aromatic N) is 5. The normalized spacial score (nSPS) is 15.6. The lowest BCUT2D eigenvalue weighted by Crippen LogP contribution is -2.38. The molecule has 2 N–H and O–H groups in total. The number of nitrogens with two attached hydrogens (primary N) is 1. The third-order valence-electron chi connectivity index (χ3n) is 4.01. The average Bonchev–Trinajstić information content (AvgIpc) is 3.10. The van der Waals surface area contributed by atoms with Crippen molar-refractivity contribution in [1.29, 1.82) is 0 Å². The number of esters is 1. The van der Waals surface area contributed by atoms with E-state index in [1.54, 1.807) is 23.3 Å². The predicted molar refractivity (Wildman–Crippen MR) is 85.1 cm³/mol. The molecule has 3 rings (SSSR count). The van der Waals surface area contributed by atoms with Crippen molar-refractivity contribution in [1.82, 2.24) is 19.5 Å². The van der Waals surface area contributed by atoms with Gasteiger partial charge in [0.1, 0.15) is 18.3 Å². The first-order valence-corrected chi connectivity index (χ1v) is 7.71. The Morgan fingerprint density at radius 3 is 2.74 bits per heavy atom. The minimum atomic E-state index is -0.109. The second-order valence-corrected chi connectivity index (χ2v) is 5.42. The van der Waals surface area contributed by atoms with E-state index < -0.39 is 0 Å². The molecule has 0 saturated carbocycles. The highest BCUT2D eigenvalue weighted by molar-refractivity contribution is 5.74. The van der Waals surface area contributed by atoms with E-state index in [0.29, 0.717) is 37.0 Å². The van der Waals surface area contributed by atoms with E-state index in [1.807, 2.05) is 6.92 Å². The maximum atomic E-state index is 11.8. The van der Waals surface area contributed by atoms with Gasteiger partial charge in [-0.1, -0.05) is 0 Å². The SMILES string of the molecule is CCOC(=O)C1CCN(c2ncnc(-n3ccnc3)c2N)CC1. The summed E-state index contributed by atoms with van der Waals surface area (Å²) >= 11 is 0. The maximum absolute atomic E-state index is 11.8. The summed E-state index contributed by atoms with van der Waals surface area (Å²) in [5, 5.41) is 0. The van der Waals surface area contributed by atoms with Gasteiger partial charge in [-0.3, -0.25) is 9.36 Å². The number of ether oxygens (including phenoxy) is 1. The lowest BCUT2D eigenvalue weighted by Gasteiger charge is -2.32. The van der Waals surface area contributed by atoms with Gasteiger partial charge in [0.05, 0.1) is 12.5 Å². The fraction of sp³-hybridized carbons (Fsp3) is 0.467. The minimum absolute atomic E-state index is 0.0395. The fourth-order valence-electron chi connectivity index (χ4n) is 2.81. The Balaban J connectivity index is 1.74. The number of carbonyl (C=O) groups is 1. The average molecular weight is 316 g/mol. The monoisotopic (exact) mass is 316 g/mol. The number of carbonyl (C=O) groups excluding carboxylic acids is 1. The Morgan fingerprint density at radius 2 is 2.09 bits per heavy atom. The molecular formula is C15H20N6O2. The fourth-order valence-corrected chi connectivity index (χ4v) is 2.81. The number of imidazole rings is 1. The molecule has 0 radical (unpaired) electrons. The van der Waals surface area contributed by atoms with E-state index in [4.69, 9.17) is 10.5 Å². The molecule has 8 nitrogen and oxygen atoms in total. The van der Waals surface area contributed by atoms with Crippen molar-refractivity contribution in [2.75, 3.05) is 30.3 Å². The van der Waals surface area contributed by atoms with E-state index in [1.165, 1.54) is 6.33 Å². The van der Waals surface area contributed by atoms with Crippen LogP contribution in [-0.2, 0) is 9.53 Å². The van der Waals surface area contributed by atoms with Crippen LogP contribution in [0.15, 0.2) is 25.0 Å². The Kier molecular flexibility index (Phi) is 4.40. The van der Waals surface area contributed by atoms with Gasteiger partial charge in [-0.05, 0) is 19.8 Å². The molecule has 0 amide bonds. The highest BCUT2D eigenvalue weighted by atomic mass is 16.5. The van der Waals surface area contributed by atoms with E-state index >= 15 is 0 Å². The van der Waals surface area contributed by atoms with Crippen LogP contribution in [0.5, 0.6) is 0 Å². The summed E-state index contributed by atoms with van der Waals surface area (Å²) in [4.78, 5) is 26.5. The topological polar surface area (TPSA) is 99.2 Å². The molecule has 8 heteroatoms. The number of hydrogen-bond acceptors (Lipinski definition) is 7. The molecule has 0 unspecified atom stereocenters. The van der Waals surface area contributed by atoms with Crippen LogP contribution >= 0.6 is 0 Å². The van der Waals surface area contributed by atoms with Crippen molar-refractivity contribution in [3.05, 3.63) is 25.0 Å². The van der Waals surface area contributed by atoms with Gasteiger partial charge in [-0.25, -0.2) is 15.0 Å². The lowest BCUT2D eigenvalue weighted by atomic mass is 9.97. The summed E-state index contributed by atoms with van der Waals surface area (Å²) in [5.41, 5.74) is 6.75. The summed E-state index contributed by atoms with van der Waals surface area (Å²) in [5.74, 6) is 1.16. The van der Waals surface area contributed by atoms with Crippen molar-refractivity contribution >= 4 is 17.5 Å². The lowest BCUT2D eigenvalue weighted by molar-refractivity contribution is -0.148. The van der Waals surface area contributed by atoms with Crippen LogP contribution in [0.4, 0.5) is 11.5 Å². The maximum Gasteiger partial charge on any atom is 0.309 e. The quantitative estimate of drug-likeness (QED) is 0.841. The van der Waals surface area contributed by atoms with Crippen molar-refractivity contribution in [3.8, 4) is 5.82 Å². The van der Waals surface area contributed by atoms with Gasteiger partial charge < -0.3 is 15.4 Å². The Bertz CT molecular complexity index is 665. The molecule has 3 heterocycles. The molecule has 2 aromatic heterocycles. The van der Waals surface area contributed by atoms with Crippen LogP contribution < -0.4 is 10.6 Å². The second kappa shape index (κ2) is 6.64. The second-order valence-electron chi connectivity index (χ2n) is 5.42. The summed E-state index contributed by atoms with van der Waals surface area (Å²) in [6.45, 7) is 3.68. The van der Waals surface area contributed by atoms with Gasteiger partial charge in [0.2, 0.25) is 0 Å². The van der Waals surface area contributed by atoms with Gasteiger partial charge in [-0.15, -0.1) is 0 Å². The van der Waals surface area contributed by atoms with Gasteiger partial charge in [-0.2, -0.15) is 0 Å². The molecule has 1 saturated heterocycles. The highest BCUT2D eigenvalue weighted by Gasteiger charge is 2.28. The molecule has 23 heavy (non-hydrogen) atoms. The number of aromatic nitrogens is 4. The minimum Gasteiger partial charge on any atom is -0.466 e. The largest absolute Gasteiger partial charge is 0.466 e. The van der Waals surface area contributed by atoms with E-state index in [9.17, 15) is 4.79 Å². The molecule has 1 fully saturated rings. The molecule has 0 aromatic carbocycles. The molecule has 1 aliphatic heterocycles. The number of piperidine rings is 1. The van der Waals surface area contributed by atoms with Crippen LogP contribution in [0.3, 0.4) is 0 Å². The Labute approximate surface area is 134 Å². The number of hydrogen-bond donors (Lipinski definition) is 1. The molecule has 0 spiro atoms. The summed E-state index contributed by atoms with van der Waals surface area (Å²) in [6.07, 6.45) is 8.08. The van der Waals surface area contributed by atoms with Crippen molar-refractivity contribution in [2.45, 2.75) is 19.8 Å². The van der Waals surface area contributed by atoms with Crippen LogP contribution in [0.2, 0.25) is 0 Å². The third kappa shape index (κ3) is 3.10. The summed E-state index contributed by atoms with van der Waals surface area (Å²) in [6, 6.07) is 0. The van der Waals surface area contributed by atoms with E-state index in [2.05, 4.69) is 19.9 Å². The molecule has 122 valence electrons. The van der Waals surface area contributed by atoms with Crippen molar-refractivity contribution in [2.24, 2.45) is 5.92 Å². The van der Waals surface area contributed by atoms with Gasteiger partial charge in [0.15, 0.2) is 11.6 Å². The molecule has 2 aromatic rings. The zero-order chi connectivity index (χ0) is 16.2. The first-order chi connectivity index (χ1) is 11.2. The van der Waals surface area contributed by atoms with Crippen LogP contribution in [0, 0.1) is 5.92 Å². The van der Waals surface area contributed by atoms with Gasteiger partial charge in [0.25, 0.3) is 0 Å². The van der Waals surface area contributed by atoms with Crippen LogP contribution in [0.25, 0.3) is 5.82 Å². The van der Waals surface area contributed by atoms with Crippen molar-refractivity contribution < 1.29 is 9.53 Å². The summed E-state index contributed by atoms with van der Waals surface area (Å²) in [7, 11) is 0. The number of rotatable bonds is 4. The zero-order valence-electron chi connectivity index (χ0n) is 13.1. The van der Waals surface area contributed by atoms with Gasteiger partial charge >= 0.3 is 5.97 Å². The standard InChI is InChI=1S/C15H20N6O2/c1-2-23-15(22)11-3-6-20(7-4-11)13-12(16)14(19-9-18-13)21-8-5-17-10-21/h5,8-11H,2-4,6-7,16H2,1H3. The Morgan fingerprint density at radius 1 is 1.35 bits per heavy atom. The smallest absolute Gasteiger partial charge is 0.309 e. The highest BCUT2D eigenvalue weighted by Crippen LogP contribution is 2.29. The number of anilines is 2. The van der Waals surface area contributed by atoms with E-state index in [-0.39, 0.29) is 11.9 Å². The Hall–Kier alpha value is -2.64. The van der Waals surface area contributed by atoms with Crippen LogP contribution in [0.1, 0.15) is 19.8 Å². The van der Waals surface area contributed by atoms with Crippen LogP contribution in [-0.4, -0.2) is 45.2 Å². The zero-order valence-corrected chi connectivity index (χ0v) is 13.1. The molecule has 0 bridgehead atoms. The van der Waals surface area contributed by atoms with Crippen molar-refractivity contribution in [3.63, 3.8) is 0 Å². The van der Waals surface area contributed by atoms with E-state index in [0.717, 1.165) is 12.8 Å². The first kappa shape index (κ1) is 15.3. The summed E-state index contributed by atoms with van der Waals surface area (Å²) < 4.78 is 6.85. The third-order valence-corrected chi connectivity index (χ3v) is 4.01. The molecule has 0 atom stereocenters. The molecular weight excluding hydrogens is 296 g/mol. The predicted octanol–water partition coefficient (Wildman–Crippen LogP) is 1.02. The molecule has 0 aliphatic carbocycles. The number of nitrogen functional groups attached to an aromatic ring is 1. The molecule has 1 aliphatic rings. The first-order valence-electron chi connectivity index (χ1n) is 7.71. The van der Waals surface area contributed by atoms with Gasteiger partial charge in [0, 0.05) is 25.5 Å².